The zero-order valence-electron chi connectivity index (χ0n) is 23.1. The van der Waals surface area contributed by atoms with Crippen molar-refractivity contribution in [2.45, 2.75) is 51.4 Å². The molecule has 0 unspecified atom stereocenters. The first-order valence-corrected chi connectivity index (χ1v) is 13.4. The molecular weight excluding hydrogens is 549 g/mol. The molecule has 4 aromatic heterocycles. The smallest absolute Gasteiger partial charge is 0.434 e. The average molecular weight is 577 g/mol. The van der Waals surface area contributed by atoms with Crippen LogP contribution in [0, 0.1) is 0 Å². The van der Waals surface area contributed by atoms with E-state index in [1.807, 2.05) is 0 Å². The van der Waals surface area contributed by atoms with Gasteiger partial charge in [0.05, 0.1) is 19.3 Å². The van der Waals surface area contributed by atoms with Crippen LogP contribution < -0.4 is 16.0 Å². The highest BCUT2D eigenvalue weighted by Gasteiger charge is 2.35. The fraction of sp³-hybridized carbons (Fsp3) is 0.310. The summed E-state index contributed by atoms with van der Waals surface area (Å²) in [5.74, 6) is 1.11. The number of hydrogen-bond donors (Lipinski definition) is 1. The number of benzene rings is 1. The third-order valence-corrected chi connectivity index (χ3v) is 7.26. The minimum atomic E-state index is -4.58. The third-order valence-electron chi connectivity index (χ3n) is 7.26. The maximum Gasteiger partial charge on any atom is 0.434 e. The molecule has 0 bridgehead atoms. The number of aromatic nitrogens is 7. The summed E-state index contributed by atoms with van der Waals surface area (Å²) in [5, 5.41) is 0.635. The van der Waals surface area contributed by atoms with Gasteiger partial charge in [-0.05, 0) is 44.4 Å². The normalized spacial score (nSPS) is 13.7. The van der Waals surface area contributed by atoms with Gasteiger partial charge in [-0.1, -0.05) is 12.1 Å². The number of halogens is 3. The standard InChI is InChI=1S/C29H27F3N8O2/c1-15(2)39-13-21(29(30,31)32)37-26(39)17-6-7-19(20(33)10-17)12-40-22(41)9-8-18-11-34-25(38-27(18)40)23-24(16-4-5-16)35-14-36-28(23)42-3/h6-11,13-16H,4-5,12,33H2,1-3H3. The summed E-state index contributed by atoms with van der Waals surface area (Å²) in [5.41, 5.74) is 8.21. The van der Waals surface area contributed by atoms with Gasteiger partial charge in [-0.25, -0.2) is 24.9 Å². The van der Waals surface area contributed by atoms with Crippen LogP contribution in [0.1, 0.15) is 55.6 Å². The highest BCUT2D eigenvalue weighted by molar-refractivity contribution is 5.78. The van der Waals surface area contributed by atoms with Crippen LogP contribution in [0.3, 0.4) is 0 Å². The number of alkyl halides is 3. The van der Waals surface area contributed by atoms with Gasteiger partial charge in [0.1, 0.15) is 23.4 Å². The van der Waals surface area contributed by atoms with Crippen molar-refractivity contribution in [1.29, 1.82) is 0 Å². The Balaban J connectivity index is 1.41. The van der Waals surface area contributed by atoms with E-state index in [0.29, 0.717) is 45.1 Å². The SMILES string of the molecule is COc1ncnc(C2CC2)c1-c1ncc2ccc(=O)n(Cc3ccc(-c4nc(C(F)(F)F)cn4C(C)C)cc3N)c2n1. The number of methoxy groups -OCH3 is 1. The summed E-state index contributed by atoms with van der Waals surface area (Å²) < 4.78 is 48.6. The van der Waals surface area contributed by atoms with E-state index in [1.165, 1.54) is 28.6 Å². The fourth-order valence-corrected chi connectivity index (χ4v) is 4.94. The van der Waals surface area contributed by atoms with Gasteiger partial charge < -0.3 is 15.0 Å². The molecule has 0 spiro atoms. The molecule has 6 rings (SSSR count). The molecule has 5 aromatic rings. The number of nitrogen functional groups attached to an aromatic ring is 1. The van der Waals surface area contributed by atoms with E-state index in [1.54, 1.807) is 44.3 Å². The van der Waals surface area contributed by atoms with Crippen molar-refractivity contribution in [2.24, 2.45) is 0 Å². The number of rotatable bonds is 7. The summed E-state index contributed by atoms with van der Waals surface area (Å²) in [6, 6.07) is 7.72. The number of anilines is 1. The molecule has 0 aliphatic heterocycles. The monoisotopic (exact) mass is 576 g/mol. The molecule has 4 heterocycles. The van der Waals surface area contributed by atoms with Crippen molar-refractivity contribution in [1.82, 2.24) is 34.1 Å². The molecule has 42 heavy (non-hydrogen) atoms. The van der Waals surface area contributed by atoms with Crippen molar-refractivity contribution in [2.75, 3.05) is 12.8 Å². The second-order valence-electron chi connectivity index (χ2n) is 10.5. The van der Waals surface area contributed by atoms with E-state index in [4.69, 9.17) is 15.5 Å². The minimum Gasteiger partial charge on any atom is -0.480 e. The van der Waals surface area contributed by atoms with Crippen LogP contribution >= 0.6 is 0 Å². The number of hydrogen-bond acceptors (Lipinski definition) is 8. The van der Waals surface area contributed by atoms with E-state index in [-0.39, 0.29) is 29.9 Å². The lowest BCUT2D eigenvalue weighted by atomic mass is 10.1. The van der Waals surface area contributed by atoms with Gasteiger partial charge >= 0.3 is 6.18 Å². The summed E-state index contributed by atoms with van der Waals surface area (Å²) in [6.07, 6.45) is 1.50. The van der Waals surface area contributed by atoms with E-state index in [0.717, 1.165) is 24.7 Å². The van der Waals surface area contributed by atoms with Crippen LogP contribution in [0.2, 0.25) is 0 Å². The second-order valence-corrected chi connectivity index (χ2v) is 10.5. The fourth-order valence-electron chi connectivity index (χ4n) is 4.94. The lowest BCUT2D eigenvalue weighted by molar-refractivity contribution is -0.140. The number of nitrogens with two attached hydrogens (primary N) is 1. The zero-order chi connectivity index (χ0) is 29.8. The molecule has 1 fully saturated rings. The van der Waals surface area contributed by atoms with Gasteiger partial charge in [-0.15, -0.1) is 0 Å². The summed E-state index contributed by atoms with van der Waals surface area (Å²) in [4.78, 5) is 35.0. The molecule has 1 aromatic carbocycles. The molecule has 216 valence electrons. The van der Waals surface area contributed by atoms with E-state index < -0.39 is 11.9 Å². The van der Waals surface area contributed by atoms with Gasteiger partial charge in [-0.2, -0.15) is 13.2 Å². The zero-order valence-corrected chi connectivity index (χ0v) is 23.1. The number of ether oxygens (including phenoxy) is 1. The lowest BCUT2D eigenvalue weighted by Gasteiger charge is -2.15. The molecule has 0 atom stereocenters. The first-order chi connectivity index (χ1) is 20.0. The summed E-state index contributed by atoms with van der Waals surface area (Å²) in [7, 11) is 1.52. The van der Waals surface area contributed by atoms with Gasteiger partial charge in [0.15, 0.2) is 11.5 Å². The highest BCUT2D eigenvalue weighted by atomic mass is 19.4. The van der Waals surface area contributed by atoms with Crippen molar-refractivity contribution in [3.63, 3.8) is 0 Å². The van der Waals surface area contributed by atoms with Gasteiger partial charge in [-0.3, -0.25) is 9.36 Å². The molecule has 1 aliphatic carbocycles. The Hall–Kier alpha value is -4.81. The topological polar surface area (TPSA) is 127 Å². The van der Waals surface area contributed by atoms with Gasteiger partial charge in [0, 0.05) is 47.1 Å². The van der Waals surface area contributed by atoms with Crippen LogP contribution in [0.25, 0.3) is 33.8 Å². The van der Waals surface area contributed by atoms with Crippen molar-refractivity contribution in [3.8, 4) is 28.7 Å². The van der Waals surface area contributed by atoms with Crippen molar-refractivity contribution in [3.05, 3.63) is 76.4 Å². The molecular formula is C29H27F3N8O2. The Bertz CT molecular complexity index is 1880. The predicted octanol–water partition coefficient (Wildman–Crippen LogP) is 5.23. The Labute approximate surface area is 238 Å². The van der Waals surface area contributed by atoms with Crippen LogP contribution in [-0.4, -0.2) is 41.2 Å². The summed E-state index contributed by atoms with van der Waals surface area (Å²) >= 11 is 0. The molecule has 0 amide bonds. The minimum absolute atomic E-state index is 0.0725. The van der Waals surface area contributed by atoms with Crippen LogP contribution in [0.15, 0.2) is 53.8 Å². The largest absolute Gasteiger partial charge is 0.480 e. The number of imidazole rings is 1. The van der Waals surface area contributed by atoms with Crippen LogP contribution in [0.4, 0.5) is 18.9 Å². The van der Waals surface area contributed by atoms with E-state index >= 15 is 0 Å². The maximum absolute atomic E-state index is 13.4. The number of fused-ring (bicyclic) bond motifs is 1. The quantitative estimate of drug-likeness (QED) is 0.261. The second kappa shape index (κ2) is 10.2. The van der Waals surface area contributed by atoms with Crippen molar-refractivity contribution < 1.29 is 17.9 Å². The lowest BCUT2D eigenvalue weighted by Crippen LogP contribution is -2.21. The van der Waals surface area contributed by atoms with Crippen LogP contribution in [0.5, 0.6) is 5.88 Å². The Morgan fingerprint density at radius 3 is 2.55 bits per heavy atom. The first kappa shape index (κ1) is 27.4. The van der Waals surface area contributed by atoms with E-state index in [2.05, 4.69) is 19.9 Å². The number of pyridine rings is 1. The number of nitrogens with zero attached hydrogens (tertiary/aromatic N) is 7. The molecule has 13 heteroatoms. The Morgan fingerprint density at radius 2 is 1.88 bits per heavy atom. The Kier molecular flexibility index (Phi) is 6.66. The first-order valence-electron chi connectivity index (χ1n) is 13.4. The molecule has 0 radical (unpaired) electrons. The summed E-state index contributed by atoms with van der Waals surface area (Å²) in [6.45, 7) is 3.62. The average Bonchev–Trinajstić information content (AvgIpc) is 3.70. The highest BCUT2D eigenvalue weighted by Crippen LogP contribution is 2.45. The molecule has 1 saturated carbocycles. The Morgan fingerprint density at radius 1 is 1.10 bits per heavy atom. The van der Waals surface area contributed by atoms with Crippen molar-refractivity contribution >= 4 is 16.7 Å². The maximum atomic E-state index is 13.4. The molecule has 2 N–H and O–H groups in total. The molecule has 0 saturated heterocycles. The molecule has 10 nitrogen and oxygen atoms in total. The van der Waals surface area contributed by atoms with Gasteiger partial charge in [0.2, 0.25) is 5.88 Å². The van der Waals surface area contributed by atoms with E-state index in [9.17, 15) is 18.0 Å². The third kappa shape index (κ3) is 4.95. The van der Waals surface area contributed by atoms with Gasteiger partial charge in [0.25, 0.3) is 5.56 Å². The van der Waals surface area contributed by atoms with Crippen LogP contribution in [-0.2, 0) is 12.7 Å². The predicted molar refractivity (Wildman–Crippen MR) is 150 cm³/mol. The molecule has 1 aliphatic rings.